The zero-order chi connectivity index (χ0) is 22.5. The lowest BCUT2D eigenvalue weighted by Crippen LogP contribution is -2.30. The van der Waals surface area contributed by atoms with Crippen LogP contribution >= 0.6 is 11.6 Å². The fourth-order valence-electron chi connectivity index (χ4n) is 2.52. The van der Waals surface area contributed by atoms with Crippen LogP contribution in [0.15, 0.2) is 42.6 Å². The highest BCUT2D eigenvalue weighted by atomic mass is 35.5. The molecule has 160 valence electrons. The van der Waals surface area contributed by atoms with Crippen molar-refractivity contribution in [3.05, 3.63) is 53.7 Å². The molecule has 0 spiro atoms. The van der Waals surface area contributed by atoms with Crippen LogP contribution in [0.1, 0.15) is 36.2 Å². The molecule has 0 bridgehead atoms. The molecule has 0 fully saturated rings. The summed E-state index contributed by atoms with van der Waals surface area (Å²) in [7, 11) is 0. The molecule has 6 nitrogen and oxygen atoms in total. The van der Waals surface area contributed by atoms with Gasteiger partial charge in [-0.2, -0.15) is 13.2 Å². The lowest BCUT2D eigenvalue weighted by molar-refractivity contribution is -0.137. The van der Waals surface area contributed by atoms with E-state index in [1.165, 1.54) is 12.3 Å². The number of anilines is 2. The van der Waals surface area contributed by atoms with E-state index in [0.29, 0.717) is 0 Å². The molecule has 2 amide bonds. The summed E-state index contributed by atoms with van der Waals surface area (Å²) in [5.74, 6) is -2.70. The smallest absolute Gasteiger partial charge is 0.324 e. The van der Waals surface area contributed by atoms with Crippen LogP contribution in [-0.4, -0.2) is 28.0 Å². The summed E-state index contributed by atoms with van der Waals surface area (Å²) in [6.45, 7) is 3.25. The number of benzene rings is 1. The van der Waals surface area contributed by atoms with Gasteiger partial charge in [0.05, 0.1) is 17.7 Å². The fourth-order valence-corrected chi connectivity index (χ4v) is 2.57. The highest BCUT2D eigenvalue weighted by Gasteiger charge is 2.36. The number of pyridine rings is 1. The highest BCUT2D eigenvalue weighted by molar-refractivity contribution is 6.33. The molecule has 2 aromatic rings. The van der Waals surface area contributed by atoms with E-state index in [1.807, 2.05) is 0 Å². The molecule has 1 heterocycles. The zero-order valence-corrected chi connectivity index (χ0v) is 16.8. The van der Waals surface area contributed by atoms with Crippen molar-refractivity contribution in [2.24, 2.45) is 5.92 Å². The Balaban J connectivity index is 2.32. The second kappa shape index (κ2) is 9.71. The number of hydrogen-bond acceptors (Lipinski definition) is 4. The van der Waals surface area contributed by atoms with Crippen LogP contribution in [0, 0.1) is 5.92 Å². The van der Waals surface area contributed by atoms with Gasteiger partial charge in [0.2, 0.25) is 11.8 Å². The molecular weight excluding hydrogens is 423 g/mol. The van der Waals surface area contributed by atoms with Gasteiger partial charge in [-0.05, 0) is 30.2 Å². The summed E-state index contributed by atoms with van der Waals surface area (Å²) in [4.78, 5) is 40.8. The minimum Gasteiger partial charge on any atom is -0.324 e. The van der Waals surface area contributed by atoms with Gasteiger partial charge in [0, 0.05) is 11.8 Å². The van der Waals surface area contributed by atoms with Crippen molar-refractivity contribution >= 4 is 40.7 Å². The number of alkyl halides is 4. The topological polar surface area (TPSA) is 88.2 Å². The first-order valence-electron chi connectivity index (χ1n) is 8.90. The number of nitrogens with one attached hydrogen (secondary N) is 2. The van der Waals surface area contributed by atoms with E-state index in [9.17, 15) is 27.6 Å². The second-order valence-corrected chi connectivity index (χ2v) is 7.19. The van der Waals surface area contributed by atoms with Crippen LogP contribution in [-0.2, 0) is 15.8 Å². The number of aromatic nitrogens is 1. The van der Waals surface area contributed by atoms with Crippen LogP contribution in [0.25, 0.3) is 0 Å². The molecule has 10 heteroatoms. The van der Waals surface area contributed by atoms with Crippen molar-refractivity contribution < 1.29 is 27.6 Å². The van der Waals surface area contributed by atoms with Gasteiger partial charge < -0.3 is 10.6 Å². The van der Waals surface area contributed by atoms with Crippen LogP contribution in [0.4, 0.5) is 24.7 Å². The number of hydrogen-bond donors (Lipinski definition) is 2. The monoisotopic (exact) mass is 441 g/mol. The first kappa shape index (κ1) is 23.3. The molecule has 1 atom stereocenters. The van der Waals surface area contributed by atoms with Crippen LogP contribution in [0.5, 0.6) is 0 Å². The summed E-state index contributed by atoms with van der Waals surface area (Å²) in [6.07, 6.45) is -4.15. The van der Waals surface area contributed by atoms with Crippen LogP contribution in [0.3, 0.4) is 0 Å². The molecule has 2 N–H and O–H groups in total. The quantitative estimate of drug-likeness (QED) is 0.376. The maximum Gasteiger partial charge on any atom is 0.418 e. The van der Waals surface area contributed by atoms with Crippen molar-refractivity contribution in [2.45, 2.75) is 31.8 Å². The molecule has 1 aromatic heterocycles. The normalized spacial score (nSPS) is 12.4. The van der Waals surface area contributed by atoms with Crippen molar-refractivity contribution in [2.75, 3.05) is 10.6 Å². The Hall–Kier alpha value is -2.94. The maximum absolute atomic E-state index is 13.5. The van der Waals surface area contributed by atoms with E-state index in [2.05, 4.69) is 15.6 Å². The first-order valence-corrected chi connectivity index (χ1v) is 9.33. The molecule has 0 radical (unpaired) electrons. The Morgan fingerprint density at radius 3 is 2.33 bits per heavy atom. The number of nitrogens with zero attached hydrogens (tertiary/aromatic N) is 1. The van der Waals surface area contributed by atoms with E-state index in [1.54, 1.807) is 26.0 Å². The lowest BCUT2D eigenvalue weighted by atomic mass is 10.00. The Morgan fingerprint density at radius 2 is 1.77 bits per heavy atom. The van der Waals surface area contributed by atoms with E-state index in [-0.39, 0.29) is 11.7 Å². The average Bonchev–Trinajstić information content (AvgIpc) is 2.67. The van der Waals surface area contributed by atoms with Crippen LogP contribution in [0.2, 0.25) is 0 Å². The molecule has 0 saturated heterocycles. The Morgan fingerprint density at radius 1 is 1.07 bits per heavy atom. The van der Waals surface area contributed by atoms with E-state index < -0.39 is 52.4 Å². The molecule has 0 aliphatic heterocycles. The molecular formula is C20H19ClF3N3O3. The molecule has 0 aliphatic carbocycles. The third-order valence-corrected chi connectivity index (χ3v) is 4.71. The number of ketones is 1. The first-order chi connectivity index (χ1) is 14.0. The van der Waals surface area contributed by atoms with E-state index in [4.69, 9.17) is 11.6 Å². The molecule has 1 aromatic carbocycles. The molecule has 30 heavy (non-hydrogen) atoms. The number of carbonyl (C=O) groups is 3. The molecule has 0 aliphatic rings. The summed E-state index contributed by atoms with van der Waals surface area (Å²) >= 11 is 5.94. The largest absolute Gasteiger partial charge is 0.418 e. The van der Waals surface area contributed by atoms with Crippen molar-refractivity contribution in [1.29, 1.82) is 0 Å². The summed E-state index contributed by atoms with van der Waals surface area (Å²) in [5, 5.41) is 3.38. The lowest BCUT2D eigenvalue weighted by Gasteiger charge is -2.19. The Kier molecular flexibility index (Phi) is 7.55. The third kappa shape index (κ3) is 6.03. The number of halogens is 4. The van der Waals surface area contributed by atoms with Gasteiger partial charge in [0.25, 0.3) is 0 Å². The standard InChI is InChI=1S/C20H19ClF3N3O3/c1-11(2)17(21)19(30)27-18-12(6-5-7-13(18)20(22,23)24)14(28)10-16(29)26-15-8-3-4-9-25-15/h3-9,11,17H,10H2,1-2H3,(H,27,30)(H,25,26,29). The molecule has 2 rings (SSSR count). The Labute approximate surface area is 175 Å². The number of Topliss-reactive ketones (excluding diaryl/α,β-unsaturated/α-hetero) is 1. The van der Waals surface area contributed by atoms with Gasteiger partial charge in [-0.3, -0.25) is 14.4 Å². The van der Waals surface area contributed by atoms with Gasteiger partial charge in [0.15, 0.2) is 5.78 Å². The number of amides is 2. The maximum atomic E-state index is 13.5. The van der Waals surface area contributed by atoms with Gasteiger partial charge in [-0.1, -0.05) is 26.0 Å². The SMILES string of the molecule is CC(C)C(Cl)C(=O)Nc1c(C(=O)CC(=O)Nc2ccccn2)cccc1C(F)(F)F. The van der Waals surface area contributed by atoms with Crippen molar-refractivity contribution in [3.63, 3.8) is 0 Å². The summed E-state index contributed by atoms with van der Waals surface area (Å²) in [5.41, 5.74) is -2.38. The predicted molar refractivity (Wildman–Crippen MR) is 106 cm³/mol. The van der Waals surface area contributed by atoms with Crippen molar-refractivity contribution in [1.82, 2.24) is 4.98 Å². The van der Waals surface area contributed by atoms with Gasteiger partial charge in [-0.15, -0.1) is 11.6 Å². The highest BCUT2D eigenvalue weighted by Crippen LogP contribution is 2.37. The number of para-hydroxylation sites is 1. The summed E-state index contributed by atoms with van der Waals surface area (Å²) in [6, 6.07) is 7.61. The molecule has 0 saturated carbocycles. The van der Waals surface area contributed by atoms with Gasteiger partial charge in [0.1, 0.15) is 11.2 Å². The zero-order valence-electron chi connectivity index (χ0n) is 16.1. The number of carbonyl (C=O) groups excluding carboxylic acids is 3. The minimum absolute atomic E-state index is 0.190. The van der Waals surface area contributed by atoms with E-state index >= 15 is 0 Å². The predicted octanol–water partition coefficient (Wildman–Crippen LogP) is 4.51. The molecule has 1 unspecified atom stereocenters. The number of rotatable bonds is 7. The third-order valence-electron chi connectivity index (χ3n) is 4.01. The minimum atomic E-state index is -4.84. The second-order valence-electron chi connectivity index (χ2n) is 6.72. The Bertz CT molecular complexity index is 934. The fraction of sp³-hybridized carbons (Fsp3) is 0.300. The van der Waals surface area contributed by atoms with Gasteiger partial charge >= 0.3 is 6.18 Å². The van der Waals surface area contributed by atoms with Crippen LogP contribution < -0.4 is 10.6 Å². The van der Waals surface area contributed by atoms with Gasteiger partial charge in [-0.25, -0.2) is 4.98 Å². The summed E-state index contributed by atoms with van der Waals surface area (Å²) < 4.78 is 40.4. The average molecular weight is 442 g/mol. The van der Waals surface area contributed by atoms with E-state index in [0.717, 1.165) is 18.2 Å². The van der Waals surface area contributed by atoms with Crippen molar-refractivity contribution in [3.8, 4) is 0 Å².